The number of anilines is 1. The number of carbonyl (C=O) groups excluding carboxylic acids is 2. The first-order chi connectivity index (χ1) is 13.7. The van der Waals surface area contributed by atoms with Gasteiger partial charge in [-0.1, -0.05) is 42.5 Å². The third-order valence-corrected chi connectivity index (χ3v) is 4.85. The molecule has 0 aliphatic carbocycles. The number of hydrogen-bond acceptors (Lipinski definition) is 3. The minimum atomic E-state index is -0.314. The van der Waals surface area contributed by atoms with E-state index < -0.39 is 0 Å². The number of nitrogens with zero attached hydrogens (tertiary/aromatic N) is 1. The molecule has 28 heavy (non-hydrogen) atoms. The number of carbonyl (C=O) groups is 2. The molecule has 0 aromatic heterocycles. The number of ether oxygens (including phenoxy) is 1. The van der Waals surface area contributed by atoms with E-state index in [1.165, 1.54) is 4.90 Å². The Hall–Kier alpha value is -3.92. The molecule has 0 fully saturated rings. The van der Waals surface area contributed by atoms with Crippen LogP contribution in [-0.2, 0) is 0 Å². The number of imide groups is 1. The lowest BCUT2D eigenvalue weighted by molar-refractivity contribution is 0.0893. The van der Waals surface area contributed by atoms with Crippen molar-refractivity contribution in [2.24, 2.45) is 0 Å². The van der Waals surface area contributed by atoms with E-state index in [1.807, 2.05) is 54.6 Å². The first kappa shape index (κ1) is 16.3. The Morgan fingerprint density at radius 1 is 0.571 bits per heavy atom. The van der Waals surface area contributed by atoms with Crippen molar-refractivity contribution in [1.29, 1.82) is 0 Å². The summed E-state index contributed by atoms with van der Waals surface area (Å²) < 4.78 is 5.79. The SMILES string of the molecule is O=C1c2cccc3cccc(c23)C(=O)N1c1ccc(Oc2ccccc2)cc1. The van der Waals surface area contributed by atoms with E-state index in [-0.39, 0.29) is 11.8 Å². The molecule has 4 heteroatoms. The van der Waals surface area contributed by atoms with Gasteiger partial charge in [0.15, 0.2) is 0 Å². The summed E-state index contributed by atoms with van der Waals surface area (Å²) in [5.41, 5.74) is 1.59. The molecular formula is C24H15NO3. The molecule has 134 valence electrons. The molecule has 0 saturated heterocycles. The van der Waals surface area contributed by atoms with Crippen LogP contribution < -0.4 is 9.64 Å². The molecule has 1 aliphatic heterocycles. The summed E-state index contributed by atoms with van der Waals surface area (Å²) in [6.45, 7) is 0. The molecule has 0 N–H and O–H groups in total. The number of rotatable bonds is 3. The Balaban J connectivity index is 1.52. The highest BCUT2D eigenvalue weighted by Gasteiger charge is 2.33. The molecule has 1 heterocycles. The number of hydrogen-bond donors (Lipinski definition) is 0. The summed E-state index contributed by atoms with van der Waals surface area (Å²) in [4.78, 5) is 27.4. The molecule has 0 atom stereocenters. The molecule has 2 amide bonds. The van der Waals surface area contributed by atoms with Crippen molar-refractivity contribution in [3.63, 3.8) is 0 Å². The van der Waals surface area contributed by atoms with Crippen LogP contribution in [-0.4, -0.2) is 11.8 Å². The van der Waals surface area contributed by atoms with Crippen molar-refractivity contribution in [2.45, 2.75) is 0 Å². The molecule has 4 aromatic rings. The van der Waals surface area contributed by atoms with Gasteiger partial charge in [-0.15, -0.1) is 0 Å². The van der Waals surface area contributed by atoms with Crippen LogP contribution in [0.15, 0.2) is 91.0 Å². The fourth-order valence-electron chi connectivity index (χ4n) is 3.55. The second-order valence-corrected chi connectivity index (χ2v) is 6.56. The van der Waals surface area contributed by atoms with Gasteiger partial charge in [-0.25, -0.2) is 4.90 Å². The van der Waals surface area contributed by atoms with Gasteiger partial charge >= 0.3 is 0 Å². The first-order valence-electron chi connectivity index (χ1n) is 8.96. The zero-order valence-electron chi connectivity index (χ0n) is 14.8. The van der Waals surface area contributed by atoms with Crippen LogP contribution in [0, 0.1) is 0 Å². The lowest BCUT2D eigenvalue weighted by Gasteiger charge is -2.27. The van der Waals surface area contributed by atoms with Crippen LogP contribution in [0.3, 0.4) is 0 Å². The van der Waals surface area contributed by atoms with Gasteiger partial charge in [0, 0.05) is 16.5 Å². The average molecular weight is 365 g/mol. The molecule has 4 aromatic carbocycles. The van der Waals surface area contributed by atoms with Crippen LogP contribution in [0.2, 0.25) is 0 Å². The Kier molecular flexibility index (Phi) is 3.69. The third kappa shape index (κ3) is 2.55. The van der Waals surface area contributed by atoms with Crippen molar-refractivity contribution >= 4 is 28.3 Å². The van der Waals surface area contributed by atoms with E-state index in [9.17, 15) is 9.59 Å². The normalized spacial score (nSPS) is 13.1. The third-order valence-electron chi connectivity index (χ3n) is 4.85. The summed E-state index contributed by atoms with van der Waals surface area (Å²) in [5, 5.41) is 1.61. The fourth-order valence-corrected chi connectivity index (χ4v) is 3.55. The molecule has 0 radical (unpaired) electrons. The summed E-state index contributed by atoms with van der Waals surface area (Å²) in [6, 6.07) is 27.4. The topological polar surface area (TPSA) is 46.6 Å². The van der Waals surface area contributed by atoms with Crippen molar-refractivity contribution in [3.8, 4) is 11.5 Å². The van der Waals surface area contributed by atoms with Crippen LogP contribution in [0.25, 0.3) is 10.8 Å². The molecule has 5 rings (SSSR count). The molecule has 0 saturated carbocycles. The highest BCUT2D eigenvalue weighted by Crippen LogP contribution is 2.33. The van der Waals surface area contributed by atoms with Gasteiger partial charge in [-0.2, -0.15) is 0 Å². The van der Waals surface area contributed by atoms with Crippen LogP contribution in [0.4, 0.5) is 5.69 Å². The highest BCUT2D eigenvalue weighted by atomic mass is 16.5. The van der Waals surface area contributed by atoms with Crippen LogP contribution in [0.5, 0.6) is 11.5 Å². The second kappa shape index (κ2) is 6.35. The Morgan fingerprint density at radius 2 is 1.14 bits per heavy atom. The van der Waals surface area contributed by atoms with Crippen molar-refractivity contribution < 1.29 is 14.3 Å². The maximum atomic E-state index is 13.1. The summed E-state index contributed by atoms with van der Waals surface area (Å²) in [7, 11) is 0. The summed E-state index contributed by atoms with van der Waals surface area (Å²) in [5.74, 6) is 0.729. The number of para-hydroxylation sites is 1. The Labute approximate surface area is 161 Å². The van der Waals surface area contributed by atoms with Gasteiger partial charge in [0.2, 0.25) is 0 Å². The minimum absolute atomic E-state index is 0.314. The predicted octanol–water partition coefficient (Wildman–Crippen LogP) is 5.43. The Bertz CT molecular complexity index is 1160. The van der Waals surface area contributed by atoms with E-state index in [1.54, 1.807) is 36.4 Å². The largest absolute Gasteiger partial charge is 0.457 e. The lowest BCUT2D eigenvalue weighted by Crippen LogP contribution is -2.40. The monoisotopic (exact) mass is 365 g/mol. The van der Waals surface area contributed by atoms with Gasteiger partial charge in [0.25, 0.3) is 11.8 Å². The van der Waals surface area contributed by atoms with Crippen LogP contribution in [0.1, 0.15) is 20.7 Å². The van der Waals surface area contributed by atoms with Gasteiger partial charge in [0.05, 0.1) is 5.69 Å². The zero-order chi connectivity index (χ0) is 19.1. The maximum Gasteiger partial charge on any atom is 0.265 e. The van der Waals surface area contributed by atoms with E-state index in [0.29, 0.717) is 22.6 Å². The Morgan fingerprint density at radius 3 is 1.75 bits per heavy atom. The van der Waals surface area contributed by atoms with Gasteiger partial charge in [-0.3, -0.25) is 9.59 Å². The number of benzene rings is 4. The smallest absolute Gasteiger partial charge is 0.265 e. The molecule has 1 aliphatic rings. The summed E-state index contributed by atoms with van der Waals surface area (Å²) in [6.07, 6.45) is 0. The van der Waals surface area contributed by atoms with Gasteiger partial charge < -0.3 is 4.74 Å². The average Bonchev–Trinajstić information content (AvgIpc) is 2.74. The van der Waals surface area contributed by atoms with E-state index >= 15 is 0 Å². The van der Waals surface area contributed by atoms with Gasteiger partial charge in [-0.05, 0) is 53.9 Å². The number of amides is 2. The first-order valence-corrected chi connectivity index (χ1v) is 8.96. The van der Waals surface area contributed by atoms with Gasteiger partial charge in [0.1, 0.15) is 11.5 Å². The predicted molar refractivity (Wildman–Crippen MR) is 108 cm³/mol. The molecular weight excluding hydrogens is 350 g/mol. The lowest BCUT2D eigenvalue weighted by atomic mass is 9.94. The standard InChI is InChI=1S/C24H15NO3/c26-23-20-10-4-6-16-7-5-11-21(22(16)20)24(27)25(23)17-12-14-19(15-13-17)28-18-8-2-1-3-9-18/h1-15H. The van der Waals surface area contributed by atoms with E-state index in [2.05, 4.69) is 0 Å². The fraction of sp³-hybridized carbons (Fsp3) is 0. The maximum absolute atomic E-state index is 13.1. The van der Waals surface area contributed by atoms with E-state index in [0.717, 1.165) is 16.5 Å². The van der Waals surface area contributed by atoms with Crippen LogP contribution >= 0.6 is 0 Å². The van der Waals surface area contributed by atoms with E-state index in [4.69, 9.17) is 4.74 Å². The molecule has 0 spiro atoms. The van der Waals surface area contributed by atoms with Crippen molar-refractivity contribution in [1.82, 2.24) is 0 Å². The van der Waals surface area contributed by atoms with Crippen molar-refractivity contribution in [3.05, 3.63) is 102 Å². The zero-order valence-corrected chi connectivity index (χ0v) is 14.8. The quantitative estimate of drug-likeness (QED) is 0.455. The molecule has 0 unspecified atom stereocenters. The minimum Gasteiger partial charge on any atom is -0.457 e. The highest BCUT2D eigenvalue weighted by molar-refractivity contribution is 6.35. The molecule has 4 nitrogen and oxygen atoms in total. The summed E-state index contributed by atoms with van der Waals surface area (Å²) >= 11 is 0. The molecule has 0 bridgehead atoms. The second-order valence-electron chi connectivity index (χ2n) is 6.56. The van der Waals surface area contributed by atoms with Crippen molar-refractivity contribution in [2.75, 3.05) is 4.90 Å².